The molecule has 0 aliphatic heterocycles. The van der Waals surface area contributed by atoms with Crippen molar-refractivity contribution in [2.75, 3.05) is 6.54 Å². The van der Waals surface area contributed by atoms with Crippen LogP contribution in [0, 0.1) is 12.7 Å². The van der Waals surface area contributed by atoms with E-state index >= 15 is 0 Å². The number of aromatic nitrogens is 1. The molecule has 0 saturated heterocycles. The standard InChI is InChI=1S/C19H17FN4O2/c1-12-16(15-7-2-3-8-17(15)23-12)10-22-24-18(25)11-21-19(26)13-5-4-6-14(20)9-13/h2-10,23H,11H2,1H3,(H,21,26)(H,24,25). The zero-order chi connectivity index (χ0) is 18.5. The lowest BCUT2D eigenvalue weighted by molar-refractivity contribution is -0.120. The van der Waals surface area contributed by atoms with Gasteiger partial charge in [0.1, 0.15) is 5.82 Å². The summed E-state index contributed by atoms with van der Waals surface area (Å²) in [5.41, 5.74) is 5.31. The number of carbonyl (C=O) groups is 2. The quantitative estimate of drug-likeness (QED) is 0.487. The molecule has 3 aromatic rings. The van der Waals surface area contributed by atoms with Crippen molar-refractivity contribution < 1.29 is 14.0 Å². The van der Waals surface area contributed by atoms with Gasteiger partial charge in [-0.15, -0.1) is 0 Å². The number of benzene rings is 2. The molecule has 2 amide bonds. The van der Waals surface area contributed by atoms with E-state index in [9.17, 15) is 14.0 Å². The first-order chi connectivity index (χ1) is 12.5. The fourth-order valence-corrected chi connectivity index (χ4v) is 2.57. The van der Waals surface area contributed by atoms with Crippen molar-refractivity contribution in [2.24, 2.45) is 5.10 Å². The average molecular weight is 352 g/mol. The van der Waals surface area contributed by atoms with Crippen molar-refractivity contribution in [3.8, 4) is 0 Å². The third-order valence-electron chi connectivity index (χ3n) is 3.82. The Hall–Kier alpha value is -3.48. The van der Waals surface area contributed by atoms with Crippen molar-refractivity contribution in [3.05, 3.63) is 71.2 Å². The smallest absolute Gasteiger partial charge is 0.259 e. The number of rotatable bonds is 5. The zero-order valence-corrected chi connectivity index (χ0v) is 14.0. The summed E-state index contributed by atoms with van der Waals surface area (Å²) in [5.74, 6) is -1.53. The average Bonchev–Trinajstić information content (AvgIpc) is 2.95. The predicted octanol–water partition coefficient (Wildman–Crippen LogP) is 2.50. The summed E-state index contributed by atoms with van der Waals surface area (Å²) in [4.78, 5) is 26.9. The maximum absolute atomic E-state index is 13.1. The van der Waals surface area contributed by atoms with Gasteiger partial charge in [0.15, 0.2) is 0 Å². The van der Waals surface area contributed by atoms with Crippen LogP contribution in [0.4, 0.5) is 4.39 Å². The third-order valence-corrected chi connectivity index (χ3v) is 3.82. The molecule has 6 nitrogen and oxygen atoms in total. The maximum atomic E-state index is 13.1. The first-order valence-corrected chi connectivity index (χ1v) is 7.97. The van der Waals surface area contributed by atoms with Gasteiger partial charge in [0, 0.05) is 27.7 Å². The van der Waals surface area contributed by atoms with Crippen LogP contribution in [0.3, 0.4) is 0 Å². The lowest BCUT2D eigenvalue weighted by Gasteiger charge is -2.04. The first-order valence-electron chi connectivity index (χ1n) is 7.97. The van der Waals surface area contributed by atoms with Gasteiger partial charge in [0.05, 0.1) is 12.8 Å². The number of H-pyrrole nitrogens is 1. The summed E-state index contributed by atoms with van der Waals surface area (Å²) in [6, 6.07) is 13.0. The Labute approximate surface area is 149 Å². The SMILES string of the molecule is Cc1[nH]c2ccccc2c1C=NNC(=O)CNC(=O)c1cccc(F)c1. The van der Waals surface area contributed by atoms with E-state index in [1.54, 1.807) is 6.21 Å². The molecule has 0 bridgehead atoms. The van der Waals surface area contributed by atoms with Gasteiger partial charge in [0.25, 0.3) is 11.8 Å². The van der Waals surface area contributed by atoms with Gasteiger partial charge in [-0.1, -0.05) is 24.3 Å². The van der Waals surface area contributed by atoms with Crippen LogP contribution in [0.5, 0.6) is 0 Å². The predicted molar refractivity (Wildman–Crippen MR) is 97.5 cm³/mol. The van der Waals surface area contributed by atoms with Crippen molar-refractivity contribution in [1.29, 1.82) is 0 Å². The Balaban J connectivity index is 1.56. The van der Waals surface area contributed by atoms with Crippen LogP contribution in [0.15, 0.2) is 53.6 Å². The van der Waals surface area contributed by atoms with Crippen LogP contribution < -0.4 is 10.7 Å². The molecule has 0 radical (unpaired) electrons. The molecule has 3 rings (SSSR count). The van der Waals surface area contributed by atoms with Gasteiger partial charge in [-0.25, -0.2) is 9.82 Å². The lowest BCUT2D eigenvalue weighted by Crippen LogP contribution is -2.34. The second-order valence-corrected chi connectivity index (χ2v) is 5.70. The summed E-state index contributed by atoms with van der Waals surface area (Å²) < 4.78 is 13.1. The lowest BCUT2D eigenvalue weighted by atomic mass is 10.1. The highest BCUT2D eigenvalue weighted by atomic mass is 19.1. The number of aromatic amines is 1. The van der Waals surface area contributed by atoms with Gasteiger partial charge in [0.2, 0.25) is 0 Å². The van der Waals surface area contributed by atoms with Crippen LogP contribution in [-0.2, 0) is 4.79 Å². The van der Waals surface area contributed by atoms with Gasteiger partial charge in [-0.3, -0.25) is 9.59 Å². The van der Waals surface area contributed by atoms with Crippen molar-refractivity contribution in [3.63, 3.8) is 0 Å². The van der Waals surface area contributed by atoms with Gasteiger partial charge in [-0.05, 0) is 31.2 Å². The Morgan fingerprint density at radius 2 is 2.00 bits per heavy atom. The van der Waals surface area contributed by atoms with Crippen LogP contribution in [0.25, 0.3) is 10.9 Å². The van der Waals surface area contributed by atoms with E-state index in [-0.39, 0.29) is 12.1 Å². The molecule has 0 aliphatic carbocycles. The minimum Gasteiger partial charge on any atom is -0.358 e. The van der Waals surface area contributed by atoms with Crippen LogP contribution in [-0.4, -0.2) is 29.6 Å². The highest BCUT2D eigenvalue weighted by Crippen LogP contribution is 2.19. The fraction of sp³-hybridized carbons (Fsp3) is 0.105. The Kier molecular flexibility index (Phi) is 5.07. The minimum absolute atomic E-state index is 0.149. The normalized spacial score (nSPS) is 11.0. The number of aryl methyl sites for hydroxylation is 1. The van der Waals surface area contributed by atoms with E-state index < -0.39 is 17.6 Å². The number of carbonyl (C=O) groups excluding carboxylic acids is 2. The van der Waals surface area contributed by atoms with Crippen molar-refractivity contribution in [1.82, 2.24) is 15.7 Å². The highest BCUT2D eigenvalue weighted by molar-refractivity contribution is 6.01. The molecular formula is C19H17FN4O2. The second-order valence-electron chi connectivity index (χ2n) is 5.70. The van der Waals surface area contributed by atoms with Crippen molar-refractivity contribution in [2.45, 2.75) is 6.92 Å². The zero-order valence-electron chi connectivity index (χ0n) is 14.0. The molecule has 0 unspecified atom stereocenters. The fourth-order valence-electron chi connectivity index (χ4n) is 2.57. The number of nitrogens with one attached hydrogen (secondary N) is 3. The molecule has 3 N–H and O–H groups in total. The molecule has 1 aromatic heterocycles. The number of amides is 2. The van der Waals surface area contributed by atoms with Gasteiger partial charge in [-0.2, -0.15) is 5.10 Å². The van der Waals surface area contributed by atoms with Gasteiger partial charge < -0.3 is 10.3 Å². The summed E-state index contributed by atoms with van der Waals surface area (Å²) in [6.45, 7) is 1.65. The summed E-state index contributed by atoms with van der Waals surface area (Å²) in [5, 5.41) is 7.35. The molecule has 0 saturated carbocycles. The van der Waals surface area contributed by atoms with E-state index in [1.165, 1.54) is 18.2 Å². The van der Waals surface area contributed by atoms with E-state index in [1.807, 2.05) is 31.2 Å². The molecule has 0 fully saturated rings. The van der Waals surface area contributed by atoms with E-state index in [2.05, 4.69) is 20.8 Å². The number of para-hydroxylation sites is 1. The molecule has 0 spiro atoms. The van der Waals surface area contributed by atoms with Crippen LogP contribution >= 0.6 is 0 Å². The minimum atomic E-state index is -0.531. The number of halogens is 1. The topological polar surface area (TPSA) is 86.3 Å². The number of hydrogen-bond acceptors (Lipinski definition) is 3. The molecule has 0 aliphatic rings. The maximum Gasteiger partial charge on any atom is 0.259 e. The molecule has 26 heavy (non-hydrogen) atoms. The Morgan fingerprint density at radius 3 is 2.81 bits per heavy atom. The highest BCUT2D eigenvalue weighted by Gasteiger charge is 2.09. The monoisotopic (exact) mass is 352 g/mol. The number of fused-ring (bicyclic) bond motifs is 1. The number of hydrogen-bond donors (Lipinski definition) is 3. The summed E-state index contributed by atoms with van der Waals surface area (Å²) >= 11 is 0. The van der Waals surface area contributed by atoms with E-state index in [4.69, 9.17) is 0 Å². The molecular weight excluding hydrogens is 335 g/mol. The second kappa shape index (κ2) is 7.60. The van der Waals surface area contributed by atoms with E-state index in [0.29, 0.717) is 0 Å². The Morgan fingerprint density at radius 1 is 1.19 bits per heavy atom. The summed E-state index contributed by atoms with van der Waals surface area (Å²) in [7, 11) is 0. The molecule has 1 heterocycles. The number of hydrazone groups is 1. The first kappa shape index (κ1) is 17.3. The molecule has 7 heteroatoms. The largest absolute Gasteiger partial charge is 0.358 e. The van der Waals surface area contributed by atoms with Gasteiger partial charge >= 0.3 is 0 Å². The van der Waals surface area contributed by atoms with Crippen LogP contribution in [0.1, 0.15) is 21.6 Å². The molecule has 132 valence electrons. The number of nitrogens with zero attached hydrogens (tertiary/aromatic N) is 1. The third kappa shape index (κ3) is 3.94. The van der Waals surface area contributed by atoms with Crippen LogP contribution in [0.2, 0.25) is 0 Å². The Bertz CT molecular complexity index is 994. The molecule has 0 atom stereocenters. The van der Waals surface area contributed by atoms with Crippen molar-refractivity contribution >= 4 is 28.9 Å². The van der Waals surface area contributed by atoms with E-state index in [0.717, 1.165) is 28.2 Å². The molecule has 2 aromatic carbocycles. The summed E-state index contributed by atoms with van der Waals surface area (Å²) in [6.07, 6.45) is 1.56.